The van der Waals surface area contributed by atoms with E-state index in [1.54, 1.807) is 23.1 Å². The van der Waals surface area contributed by atoms with E-state index in [1.807, 2.05) is 27.9 Å². The molecule has 0 bridgehead atoms. The van der Waals surface area contributed by atoms with Crippen LogP contribution in [0.1, 0.15) is 25.3 Å². The van der Waals surface area contributed by atoms with Crippen LogP contribution >= 0.6 is 12.6 Å². The largest absolute Gasteiger partial charge is 0.508 e. The van der Waals surface area contributed by atoms with Crippen molar-refractivity contribution in [3.8, 4) is 17.1 Å². The van der Waals surface area contributed by atoms with Gasteiger partial charge in [0.1, 0.15) is 16.5 Å². The predicted octanol–water partition coefficient (Wildman–Crippen LogP) is 2.76. The topological polar surface area (TPSA) is 101 Å². The van der Waals surface area contributed by atoms with Gasteiger partial charge in [-0.15, -0.1) is 22.8 Å². The number of rotatable bonds is 5. The number of thiol groups is 1. The Balaban J connectivity index is 2.14. The molecular formula is C18H21N5O3S2. The molecule has 0 saturated heterocycles. The van der Waals surface area contributed by atoms with Gasteiger partial charge in [-0.25, -0.2) is 13.4 Å². The zero-order valence-electron chi connectivity index (χ0n) is 15.9. The van der Waals surface area contributed by atoms with Crippen LogP contribution in [-0.4, -0.2) is 46.8 Å². The Morgan fingerprint density at radius 1 is 1.14 bits per heavy atom. The monoisotopic (exact) mass is 419 g/mol. The molecule has 0 aliphatic rings. The molecule has 3 rings (SSSR count). The first-order valence-electron chi connectivity index (χ1n) is 8.49. The van der Waals surface area contributed by atoms with Crippen molar-refractivity contribution in [2.75, 3.05) is 19.0 Å². The fraction of sp³-hybridized carbons (Fsp3) is 0.278. The molecule has 0 saturated carbocycles. The molecule has 3 aromatic rings. The highest BCUT2D eigenvalue weighted by molar-refractivity contribution is 7.90. The molecule has 1 N–H and O–H groups in total. The van der Waals surface area contributed by atoms with Gasteiger partial charge in [-0.3, -0.25) is 0 Å². The zero-order chi connectivity index (χ0) is 20.6. The maximum atomic E-state index is 13.2. The molecule has 10 heteroatoms. The lowest BCUT2D eigenvalue weighted by Crippen LogP contribution is -2.16. The molecule has 0 aliphatic carbocycles. The molecule has 0 aliphatic heterocycles. The number of hydrogen-bond acceptors (Lipinski definition) is 8. The van der Waals surface area contributed by atoms with Gasteiger partial charge in [-0.2, -0.15) is 3.97 Å². The van der Waals surface area contributed by atoms with Crippen LogP contribution in [0.2, 0.25) is 0 Å². The summed E-state index contributed by atoms with van der Waals surface area (Å²) in [6, 6.07) is 7.91. The van der Waals surface area contributed by atoms with Gasteiger partial charge in [0.2, 0.25) is 5.16 Å². The van der Waals surface area contributed by atoms with Crippen molar-refractivity contribution in [2.45, 2.75) is 29.8 Å². The fourth-order valence-corrected chi connectivity index (χ4v) is 4.44. The van der Waals surface area contributed by atoms with Crippen LogP contribution in [0.4, 0.5) is 5.82 Å². The van der Waals surface area contributed by atoms with Crippen LogP contribution in [-0.2, 0) is 10.0 Å². The Hall–Kier alpha value is -2.59. The zero-order valence-corrected chi connectivity index (χ0v) is 17.6. The smallest absolute Gasteiger partial charge is 0.273 e. The molecule has 0 unspecified atom stereocenters. The van der Waals surface area contributed by atoms with E-state index >= 15 is 0 Å². The fourth-order valence-electron chi connectivity index (χ4n) is 2.72. The minimum atomic E-state index is -4.02. The Bertz CT molecular complexity index is 1110. The highest BCUT2D eigenvalue weighted by Crippen LogP contribution is 2.32. The summed E-state index contributed by atoms with van der Waals surface area (Å²) in [5.41, 5.74) is 1.19. The predicted molar refractivity (Wildman–Crippen MR) is 110 cm³/mol. The SMILES string of the molecule is CC(C)c1cc(-c2nnc(S)n2S(=O)(=O)c2ccc(N(C)C)nc2)ccc1O. The van der Waals surface area contributed by atoms with Crippen LogP contribution in [0, 0.1) is 0 Å². The molecule has 0 fully saturated rings. The van der Waals surface area contributed by atoms with E-state index in [-0.39, 0.29) is 27.5 Å². The van der Waals surface area contributed by atoms with E-state index in [1.165, 1.54) is 18.3 Å². The van der Waals surface area contributed by atoms with Crippen molar-refractivity contribution in [1.82, 2.24) is 19.2 Å². The maximum absolute atomic E-state index is 13.2. The molecule has 8 nitrogen and oxygen atoms in total. The van der Waals surface area contributed by atoms with Gasteiger partial charge in [-0.1, -0.05) is 13.8 Å². The van der Waals surface area contributed by atoms with Crippen LogP contribution in [0.25, 0.3) is 11.4 Å². The first kappa shape index (κ1) is 20.2. The number of pyridine rings is 1. The van der Waals surface area contributed by atoms with Gasteiger partial charge in [0.25, 0.3) is 10.0 Å². The van der Waals surface area contributed by atoms with E-state index in [4.69, 9.17) is 0 Å². The summed E-state index contributed by atoms with van der Waals surface area (Å²) in [4.78, 5) is 5.94. The van der Waals surface area contributed by atoms with E-state index in [2.05, 4.69) is 27.8 Å². The van der Waals surface area contributed by atoms with Gasteiger partial charge in [0.05, 0.1) is 0 Å². The highest BCUT2D eigenvalue weighted by atomic mass is 32.2. The standard InChI is InChI=1S/C18H21N5O3S2/c1-11(2)14-9-12(5-7-15(14)24)17-20-21-18(27)23(17)28(25,26)13-6-8-16(19-10-13)22(3)4/h5-11,24H,1-4H3,(H,21,27). The average molecular weight is 420 g/mol. The van der Waals surface area contributed by atoms with Gasteiger partial charge in [-0.05, 0) is 41.8 Å². The number of nitrogens with zero attached hydrogens (tertiary/aromatic N) is 5. The summed E-state index contributed by atoms with van der Waals surface area (Å²) in [6.07, 6.45) is 1.29. The van der Waals surface area contributed by atoms with Gasteiger partial charge >= 0.3 is 0 Å². The van der Waals surface area contributed by atoms with E-state index in [0.29, 0.717) is 16.9 Å². The molecule has 0 radical (unpaired) electrons. The van der Waals surface area contributed by atoms with Crippen molar-refractivity contribution < 1.29 is 13.5 Å². The van der Waals surface area contributed by atoms with Gasteiger partial charge < -0.3 is 10.0 Å². The number of benzene rings is 1. The van der Waals surface area contributed by atoms with E-state index < -0.39 is 10.0 Å². The second-order valence-corrected chi connectivity index (χ2v) is 8.95. The molecule has 0 amide bonds. The quantitative estimate of drug-likeness (QED) is 0.613. The molecule has 2 heterocycles. The summed E-state index contributed by atoms with van der Waals surface area (Å²) in [5, 5.41) is 17.8. The minimum absolute atomic E-state index is 0.00249. The number of anilines is 1. The molecule has 0 spiro atoms. The van der Waals surface area contributed by atoms with Crippen molar-refractivity contribution in [1.29, 1.82) is 0 Å². The average Bonchev–Trinajstić information content (AvgIpc) is 3.04. The Morgan fingerprint density at radius 3 is 2.43 bits per heavy atom. The molecular weight excluding hydrogens is 398 g/mol. The Labute approximate surface area is 169 Å². The molecule has 28 heavy (non-hydrogen) atoms. The Kier molecular flexibility index (Phi) is 5.35. The third-order valence-corrected chi connectivity index (χ3v) is 6.32. The summed E-state index contributed by atoms with van der Waals surface area (Å²) in [6.45, 7) is 3.87. The molecule has 148 valence electrons. The summed E-state index contributed by atoms with van der Waals surface area (Å²) < 4.78 is 27.4. The number of hydrogen-bond donors (Lipinski definition) is 2. The van der Waals surface area contributed by atoms with Crippen molar-refractivity contribution in [3.05, 3.63) is 42.1 Å². The summed E-state index contributed by atoms with van der Waals surface area (Å²) >= 11 is 4.18. The minimum Gasteiger partial charge on any atom is -0.508 e. The molecule has 2 aromatic heterocycles. The van der Waals surface area contributed by atoms with Crippen LogP contribution < -0.4 is 4.90 Å². The maximum Gasteiger partial charge on any atom is 0.273 e. The lowest BCUT2D eigenvalue weighted by atomic mass is 9.99. The van der Waals surface area contributed by atoms with Gasteiger partial charge in [0.15, 0.2) is 5.82 Å². The van der Waals surface area contributed by atoms with Crippen molar-refractivity contribution >= 4 is 28.5 Å². The van der Waals surface area contributed by atoms with Crippen LogP contribution in [0.15, 0.2) is 46.6 Å². The second-order valence-electron chi connectivity index (χ2n) is 6.77. The van der Waals surface area contributed by atoms with Crippen molar-refractivity contribution in [3.63, 3.8) is 0 Å². The summed E-state index contributed by atoms with van der Waals surface area (Å²) in [7, 11) is -0.385. The third kappa shape index (κ3) is 3.57. The van der Waals surface area contributed by atoms with E-state index in [0.717, 1.165) is 3.97 Å². The van der Waals surface area contributed by atoms with E-state index in [9.17, 15) is 13.5 Å². The van der Waals surface area contributed by atoms with Gasteiger partial charge in [0, 0.05) is 25.9 Å². The number of aromatic nitrogens is 4. The van der Waals surface area contributed by atoms with Crippen molar-refractivity contribution in [2.24, 2.45) is 0 Å². The number of phenols is 1. The molecule has 1 aromatic carbocycles. The number of aromatic hydroxyl groups is 1. The molecule has 0 atom stereocenters. The normalized spacial score (nSPS) is 11.8. The first-order valence-corrected chi connectivity index (χ1v) is 10.4. The van der Waals surface area contributed by atoms with Crippen LogP contribution in [0.5, 0.6) is 5.75 Å². The third-order valence-electron chi connectivity index (χ3n) is 4.23. The summed E-state index contributed by atoms with van der Waals surface area (Å²) in [5.74, 6) is 0.936. The first-order chi connectivity index (χ1) is 13.1. The second kappa shape index (κ2) is 7.44. The Morgan fingerprint density at radius 2 is 1.86 bits per heavy atom. The highest BCUT2D eigenvalue weighted by Gasteiger charge is 2.26. The number of phenolic OH excluding ortho intramolecular Hbond substituents is 1. The lowest BCUT2D eigenvalue weighted by molar-refractivity contribution is 0.465. The van der Waals surface area contributed by atoms with Crippen LogP contribution in [0.3, 0.4) is 0 Å². The lowest BCUT2D eigenvalue weighted by Gasteiger charge is -2.14.